The van der Waals surface area contributed by atoms with Crippen molar-refractivity contribution in [2.75, 3.05) is 14.2 Å². The number of benzene rings is 1. The number of aliphatic hydroxyl groups excluding tert-OH is 1. The number of ether oxygens (including phenoxy) is 2. The molecule has 0 heterocycles. The third-order valence-corrected chi connectivity index (χ3v) is 3.12. The van der Waals surface area contributed by atoms with Crippen LogP contribution in [0.2, 0.25) is 0 Å². The lowest BCUT2D eigenvalue weighted by molar-refractivity contribution is 0.0560. The Hall–Kier alpha value is -1.22. The molecule has 0 amide bonds. The van der Waals surface area contributed by atoms with Gasteiger partial charge < -0.3 is 14.6 Å². The van der Waals surface area contributed by atoms with Crippen molar-refractivity contribution < 1.29 is 14.6 Å². The second-order valence-corrected chi connectivity index (χ2v) is 5.64. The van der Waals surface area contributed by atoms with E-state index in [9.17, 15) is 5.11 Å². The first-order valence-electron chi connectivity index (χ1n) is 6.27. The van der Waals surface area contributed by atoms with Crippen LogP contribution in [0, 0.1) is 5.41 Å². The summed E-state index contributed by atoms with van der Waals surface area (Å²) in [7, 11) is 3.28. The minimum Gasteiger partial charge on any atom is -0.497 e. The highest BCUT2D eigenvalue weighted by Crippen LogP contribution is 2.26. The number of aryl methyl sites for hydroxylation is 1. The van der Waals surface area contributed by atoms with Crippen LogP contribution in [0.1, 0.15) is 32.8 Å². The van der Waals surface area contributed by atoms with E-state index in [0.717, 1.165) is 29.9 Å². The lowest BCUT2D eigenvalue weighted by Gasteiger charge is -2.25. The summed E-state index contributed by atoms with van der Waals surface area (Å²) in [5.41, 5.74) is 1.04. The second kappa shape index (κ2) is 6.10. The Morgan fingerprint density at radius 2 is 1.56 bits per heavy atom. The highest BCUT2D eigenvalue weighted by atomic mass is 16.5. The Morgan fingerprint density at radius 3 is 1.94 bits per heavy atom. The van der Waals surface area contributed by atoms with Gasteiger partial charge in [0.1, 0.15) is 11.5 Å². The zero-order chi connectivity index (χ0) is 13.8. The standard InChI is InChI=1S/C15H24O3/c1-15(2,3)14(16)7-6-11-8-12(17-4)10-13(9-11)18-5/h8-10,14,16H,6-7H2,1-5H3. The first-order valence-corrected chi connectivity index (χ1v) is 6.27. The van der Waals surface area contributed by atoms with Gasteiger partial charge in [-0.25, -0.2) is 0 Å². The van der Waals surface area contributed by atoms with Crippen molar-refractivity contribution in [3.63, 3.8) is 0 Å². The van der Waals surface area contributed by atoms with Crippen LogP contribution in [0.4, 0.5) is 0 Å². The number of hydrogen-bond acceptors (Lipinski definition) is 3. The molecule has 1 N–H and O–H groups in total. The average Bonchev–Trinajstić information content (AvgIpc) is 2.34. The molecule has 0 aromatic heterocycles. The Morgan fingerprint density at radius 1 is 1.06 bits per heavy atom. The van der Waals surface area contributed by atoms with E-state index in [1.165, 1.54) is 0 Å². The fraction of sp³-hybridized carbons (Fsp3) is 0.600. The molecule has 0 saturated heterocycles. The minimum atomic E-state index is -0.310. The van der Waals surface area contributed by atoms with E-state index in [0.29, 0.717) is 0 Å². The first kappa shape index (κ1) is 14.8. The highest BCUT2D eigenvalue weighted by Gasteiger charge is 2.21. The zero-order valence-corrected chi connectivity index (χ0v) is 12.0. The molecule has 0 fully saturated rings. The van der Waals surface area contributed by atoms with Crippen LogP contribution in [0.3, 0.4) is 0 Å². The fourth-order valence-corrected chi connectivity index (χ4v) is 1.75. The Kier molecular flexibility index (Phi) is 5.03. The molecule has 102 valence electrons. The molecule has 1 aromatic carbocycles. The number of methoxy groups -OCH3 is 2. The molecule has 0 saturated carbocycles. The molecular weight excluding hydrogens is 228 g/mol. The molecule has 0 aliphatic carbocycles. The van der Waals surface area contributed by atoms with Gasteiger partial charge in [-0.2, -0.15) is 0 Å². The molecule has 0 aliphatic heterocycles. The normalized spacial score (nSPS) is 13.2. The highest BCUT2D eigenvalue weighted by molar-refractivity contribution is 5.38. The second-order valence-electron chi connectivity index (χ2n) is 5.64. The van der Waals surface area contributed by atoms with Crippen LogP contribution in [0.5, 0.6) is 11.5 Å². The molecule has 0 bridgehead atoms. The fourth-order valence-electron chi connectivity index (χ4n) is 1.75. The largest absolute Gasteiger partial charge is 0.497 e. The van der Waals surface area contributed by atoms with Crippen molar-refractivity contribution in [1.82, 2.24) is 0 Å². The smallest absolute Gasteiger partial charge is 0.122 e. The molecular formula is C15H24O3. The van der Waals surface area contributed by atoms with Gasteiger partial charge >= 0.3 is 0 Å². The quantitative estimate of drug-likeness (QED) is 0.875. The molecule has 3 heteroatoms. The Labute approximate surface area is 110 Å². The van der Waals surface area contributed by atoms with E-state index in [1.54, 1.807) is 14.2 Å². The summed E-state index contributed by atoms with van der Waals surface area (Å²) < 4.78 is 10.5. The van der Waals surface area contributed by atoms with Crippen molar-refractivity contribution in [2.24, 2.45) is 5.41 Å². The van der Waals surface area contributed by atoms with E-state index in [4.69, 9.17) is 9.47 Å². The molecule has 0 aliphatic rings. The van der Waals surface area contributed by atoms with Gasteiger partial charge in [-0.05, 0) is 36.0 Å². The lowest BCUT2D eigenvalue weighted by Crippen LogP contribution is -2.26. The first-order chi connectivity index (χ1) is 8.36. The molecule has 1 rings (SSSR count). The van der Waals surface area contributed by atoms with E-state index in [2.05, 4.69) is 0 Å². The van der Waals surface area contributed by atoms with Gasteiger partial charge in [-0.1, -0.05) is 20.8 Å². The van der Waals surface area contributed by atoms with Gasteiger partial charge in [-0.3, -0.25) is 0 Å². The average molecular weight is 252 g/mol. The van der Waals surface area contributed by atoms with Gasteiger partial charge in [0.2, 0.25) is 0 Å². The van der Waals surface area contributed by atoms with Crippen molar-refractivity contribution in [3.05, 3.63) is 23.8 Å². The van der Waals surface area contributed by atoms with Crippen LogP contribution in [0.25, 0.3) is 0 Å². The topological polar surface area (TPSA) is 38.7 Å². The van der Waals surface area contributed by atoms with Gasteiger partial charge in [0.05, 0.1) is 20.3 Å². The lowest BCUT2D eigenvalue weighted by atomic mass is 9.86. The third-order valence-electron chi connectivity index (χ3n) is 3.12. The summed E-state index contributed by atoms with van der Waals surface area (Å²) in [4.78, 5) is 0. The predicted molar refractivity (Wildman–Crippen MR) is 73.3 cm³/mol. The Bertz CT molecular complexity index is 358. The van der Waals surface area contributed by atoms with E-state index in [-0.39, 0.29) is 11.5 Å². The van der Waals surface area contributed by atoms with Crippen LogP contribution in [-0.2, 0) is 6.42 Å². The van der Waals surface area contributed by atoms with Crippen molar-refractivity contribution in [1.29, 1.82) is 0 Å². The molecule has 0 radical (unpaired) electrons. The maximum atomic E-state index is 10.0. The third kappa shape index (κ3) is 4.22. The summed E-state index contributed by atoms with van der Waals surface area (Å²) in [5.74, 6) is 1.57. The van der Waals surface area contributed by atoms with Crippen molar-refractivity contribution in [3.8, 4) is 11.5 Å². The van der Waals surface area contributed by atoms with Crippen LogP contribution in [-0.4, -0.2) is 25.4 Å². The number of aliphatic hydroxyl groups is 1. The molecule has 0 spiro atoms. The van der Waals surface area contributed by atoms with Gasteiger partial charge in [0, 0.05) is 6.07 Å². The molecule has 1 aromatic rings. The summed E-state index contributed by atoms with van der Waals surface area (Å²) in [6, 6.07) is 5.82. The zero-order valence-electron chi connectivity index (χ0n) is 12.0. The van der Waals surface area contributed by atoms with Crippen LogP contribution >= 0.6 is 0 Å². The predicted octanol–water partition coefficient (Wildman–Crippen LogP) is 3.04. The van der Waals surface area contributed by atoms with E-state index < -0.39 is 0 Å². The summed E-state index contributed by atoms with van der Waals surface area (Å²) >= 11 is 0. The minimum absolute atomic E-state index is 0.0804. The molecule has 3 nitrogen and oxygen atoms in total. The maximum absolute atomic E-state index is 10.0. The van der Waals surface area contributed by atoms with Gasteiger partial charge in [0.25, 0.3) is 0 Å². The summed E-state index contributed by atoms with van der Waals surface area (Å²) in [6.45, 7) is 6.14. The van der Waals surface area contributed by atoms with Gasteiger partial charge in [0.15, 0.2) is 0 Å². The summed E-state index contributed by atoms with van der Waals surface area (Å²) in [6.07, 6.45) is 1.24. The van der Waals surface area contributed by atoms with Gasteiger partial charge in [-0.15, -0.1) is 0 Å². The molecule has 1 atom stereocenters. The molecule has 1 unspecified atom stereocenters. The maximum Gasteiger partial charge on any atom is 0.122 e. The monoisotopic (exact) mass is 252 g/mol. The Balaban J connectivity index is 2.72. The molecule has 18 heavy (non-hydrogen) atoms. The van der Waals surface area contributed by atoms with E-state index in [1.807, 2.05) is 39.0 Å². The number of hydrogen-bond donors (Lipinski definition) is 1. The summed E-state index contributed by atoms with van der Waals surface area (Å²) in [5, 5.41) is 10.0. The van der Waals surface area contributed by atoms with Crippen molar-refractivity contribution >= 4 is 0 Å². The van der Waals surface area contributed by atoms with Crippen LogP contribution < -0.4 is 9.47 Å². The SMILES string of the molecule is COc1cc(CCC(O)C(C)(C)C)cc(OC)c1. The van der Waals surface area contributed by atoms with Crippen molar-refractivity contribution in [2.45, 2.75) is 39.7 Å². The van der Waals surface area contributed by atoms with E-state index >= 15 is 0 Å². The number of rotatable bonds is 5. The van der Waals surface area contributed by atoms with Crippen LogP contribution in [0.15, 0.2) is 18.2 Å².